The van der Waals surface area contributed by atoms with Crippen molar-refractivity contribution in [2.24, 2.45) is 5.73 Å². The maximum absolute atomic E-state index is 12.8. The molecule has 30 heavy (non-hydrogen) atoms. The first-order chi connectivity index (χ1) is 14.7. The number of piperidine rings is 1. The average molecular weight is 403 g/mol. The number of hydrogen-bond acceptors (Lipinski definition) is 7. The van der Waals surface area contributed by atoms with Gasteiger partial charge in [-0.2, -0.15) is 9.78 Å². The number of carbonyl (C=O) groups is 1. The van der Waals surface area contributed by atoms with Crippen LogP contribution in [0.4, 0.5) is 11.4 Å². The number of carbonyl (C=O) groups excluding carboxylic acids is 1. The van der Waals surface area contributed by atoms with E-state index < -0.39 is 5.91 Å². The fraction of sp³-hybridized carbons (Fsp3) is 0.238. The Morgan fingerprint density at radius 3 is 3.00 bits per heavy atom. The van der Waals surface area contributed by atoms with Crippen molar-refractivity contribution in [3.63, 3.8) is 0 Å². The van der Waals surface area contributed by atoms with Crippen molar-refractivity contribution in [1.82, 2.24) is 19.7 Å². The number of oxazole rings is 1. The van der Waals surface area contributed by atoms with Gasteiger partial charge in [0.25, 0.3) is 5.89 Å². The van der Waals surface area contributed by atoms with Crippen LogP contribution in [0.3, 0.4) is 0 Å². The molecule has 3 aromatic heterocycles. The number of benzene rings is 1. The molecule has 4 heterocycles. The van der Waals surface area contributed by atoms with Crippen LogP contribution in [-0.2, 0) is 0 Å². The zero-order valence-corrected chi connectivity index (χ0v) is 16.2. The highest BCUT2D eigenvalue weighted by Gasteiger charge is 2.22. The van der Waals surface area contributed by atoms with Gasteiger partial charge in [0.1, 0.15) is 0 Å². The van der Waals surface area contributed by atoms with Crippen molar-refractivity contribution in [3.05, 3.63) is 61.0 Å². The third kappa shape index (κ3) is 3.39. The lowest BCUT2D eigenvalue weighted by molar-refractivity contribution is 0.0990. The van der Waals surface area contributed by atoms with Gasteiger partial charge < -0.3 is 20.4 Å². The van der Waals surface area contributed by atoms with E-state index in [1.165, 1.54) is 6.20 Å². The fourth-order valence-electron chi connectivity index (χ4n) is 3.78. The summed E-state index contributed by atoms with van der Waals surface area (Å²) < 4.78 is 7.31. The topological polar surface area (TPSA) is 115 Å². The van der Waals surface area contributed by atoms with E-state index in [-0.39, 0.29) is 11.9 Å². The summed E-state index contributed by atoms with van der Waals surface area (Å²) >= 11 is 0. The Morgan fingerprint density at radius 1 is 1.20 bits per heavy atom. The Bertz CT molecular complexity index is 1200. The van der Waals surface area contributed by atoms with Crippen LogP contribution in [0.5, 0.6) is 0 Å². The van der Waals surface area contributed by atoms with Crippen molar-refractivity contribution < 1.29 is 9.21 Å². The lowest BCUT2D eigenvalue weighted by Crippen LogP contribution is -2.43. The summed E-state index contributed by atoms with van der Waals surface area (Å²) in [5.41, 5.74) is 8.47. The molecule has 1 aliphatic heterocycles. The third-order valence-corrected chi connectivity index (χ3v) is 5.22. The molecule has 9 heteroatoms. The first kappa shape index (κ1) is 18.3. The molecule has 1 amide bonds. The lowest BCUT2D eigenvalue weighted by atomic mass is 10.1. The Labute approximate surface area is 172 Å². The van der Waals surface area contributed by atoms with Crippen LogP contribution in [0.15, 0.2) is 59.5 Å². The Morgan fingerprint density at radius 2 is 2.10 bits per heavy atom. The van der Waals surface area contributed by atoms with E-state index in [0.717, 1.165) is 42.5 Å². The molecule has 1 aliphatic rings. The van der Waals surface area contributed by atoms with Crippen molar-refractivity contribution in [2.45, 2.75) is 18.9 Å². The van der Waals surface area contributed by atoms with Gasteiger partial charge in [0.2, 0.25) is 5.88 Å². The molecule has 4 aromatic rings. The minimum absolute atomic E-state index is 0.0465. The second-order valence-electron chi connectivity index (χ2n) is 7.31. The molecule has 1 fully saturated rings. The quantitative estimate of drug-likeness (QED) is 0.538. The van der Waals surface area contributed by atoms with Crippen molar-refractivity contribution in [1.29, 1.82) is 0 Å². The predicted molar refractivity (Wildman–Crippen MR) is 113 cm³/mol. The monoisotopic (exact) mass is 403 g/mol. The highest BCUT2D eigenvalue weighted by atomic mass is 16.4. The van der Waals surface area contributed by atoms with E-state index in [4.69, 9.17) is 10.2 Å². The van der Waals surface area contributed by atoms with Crippen LogP contribution in [0, 0.1) is 0 Å². The normalized spacial score (nSPS) is 16.7. The maximum Gasteiger partial charge on any atom is 0.311 e. The number of nitrogens with one attached hydrogen (secondary N) is 1. The van der Waals surface area contributed by atoms with Crippen LogP contribution in [-0.4, -0.2) is 44.8 Å². The summed E-state index contributed by atoms with van der Waals surface area (Å²) in [7, 11) is 0. The Hall–Kier alpha value is -3.72. The summed E-state index contributed by atoms with van der Waals surface area (Å²) in [6.07, 6.45) is 8.57. The molecular formula is C21H21N7O2. The van der Waals surface area contributed by atoms with Gasteiger partial charge in [-0.25, -0.2) is 4.98 Å². The number of hydrogen-bond donors (Lipinski definition) is 2. The molecule has 0 aliphatic carbocycles. The minimum Gasteiger partial charge on any atom is -0.414 e. The van der Waals surface area contributed by atoms with E-state index in [0.29, 0.717) is 11.6 Å². The van der Waals surface area contributed by atoms with E-state index >= 15 is 0 Å². The van der Waals surface area contributed by atoms with Gasteiger partial charge in [0.15, 0.2) is 0 Å². The third-order valence-electron chi connectivity index (χ3n) is 5.22. The molecule has 1 saturated heterocycles. The SMILES string of the molecule is N[C@H]1CCCN(c2ccncc2NC(=O)c2ncc(-n3ncc4ccccc43)o2)C1. The molecule has 0 unspecified atom stereocenters. The zero-order chi connectivity index (χ0) is 20.5. The number of anilines is 2. The van der Waals surface area contributed by atoms with Gasteiger partial charge in [-0.05, 0) is 25.0 Å². The number of nitrogens with two attached hydrogens (primary N) is 1. The van der Waals surface area contributed by atoms with Crippen LogP contribution in [0.2, 0.25) is 0 Å². The lowest BCUT2D eigenvalue weighted by Gasteiger charge is -2.33. The molecule has 0 bridgehead atoms. The average Bonchev–Trinajstić information content (AvgIpc) is 3.41. The smallest absolute Gasteiger partial charge is 0.311 e. The van der Waals surface area contributed by atoms with Crippen molar-refractivity contribution in [3.8, 4) is 5.88 Å². The number of aromatic nitrogens is 4. The molecule has 0 spiro atoms. The number of rotatable bonds is 4. The molecule has 1 aromatic carbocycles. The van der Waals surface area contributed by atoms with Crippen molar-refractivity contribution in [2.75, 3.05) is 23.3 Å². The molecule has 1 atom stereocenters. The van der Waals surface area contributed by atoms with Gasteiger partial charge in [-0.3, -0.25) is 9.78 Å². The second kappa shape index (κ2) is 7.60. The highest BCUT2D eigenvalue weighted by molar-refractivity contribution is 6.03. The molecule has 5 rings (SSSR count). The molecule has 0 radical (unpaired) electrons. The molecule has 9 nitrogen and oxygen atoms in total. The fourth-order valence-corrected chi connectivity index (χ4v) is 3.78. The van der Waals surface area contributed by atoms with Gasteiger partial charge in [0.05, 0.1) is 35.5 Å². The maximum atomic E-state index is 12.8. The van der Waals surface area contributed by atoms with E-state index in [1.54, 1.807) is 23.3 Å². The number of pyridine rings is 1. The first-order valence-corrected chi connectivity index (χ1v) is 9.84. The van der Waals surface area contributed by atoms with Crippen molar-refractivity contribution >= 4 is 28.2 Å². The predicted octanol–water partition coefficient (Wildman–Crippen LogP) is 2.59. The summed E-state index contributed by atoms with van der Waals surface area (Å²) in [5, 5.41) is 8.16. The summed E-state index contributed by atoms with van der Waals surface area (Å²) in [5.74, 6) is -0.127. The Kier molecular flexibility index (Phi) is 4.64. The van der Waals surface area contributed by atoms with Gasteiger partial charge >= 0.3 is 5.91 Å². The standard InChI is InChI=1S/C21H21N7O2/c22-15-5-3-9-27(13-15)18-7-8-23-11-16(18)26-20(29)21-24-12-19(30-21)28-17-6-2-1-4-14(17)10-25-28/h1-2,4,6-8,10-12,15H,3,5,9,13,22H2,(H,26,29)/t15-/m0/s1. The van der Waals surface area contributed by atoms with Crippen LogP contribution >= 0.6 is 0 Å². The highest BCUT2D eigenvalue weighted by Crippen LogP contribution is 2.28. The molecule has 3 N–H and O–H groups in total. The van der Waals surface area contributed by atoms with E-state index in [9.17, 15) is 4.79 Å². The molecule has 0 saturated carbocycles. The van der Waals surface area contributed by atoms with E-state index in [2.05, 4.69) is 25.3 Å². The van der Waals surface area contributed by atoms with Gasteiger partial charge in [-0.1, -0.05) is 18.2 Å². The molecule has 152 valence electrons. The van der Waals surface area contributed by atoms with Crippen LogP contribution < -0.4 is 16.0 Å². The summed E-state index contributed by atoms with van der Waals surface area (Å²) in [6, 6.07) is 9.74. The van der Waals surface area contributed by atoms with Crippen LogP contribution in [0.1, 0.15) is 23.5 Å². The van der Waals surface area contributed by atoms with Crippen LogP contribution in [0.25, 0.3) is 16.8 Å². The first-order valence-electron chi connectivity index (χ1n) is 9.84. The number of nitrogens with zero attached hydrogens (tertiary/aromatic N) is 5. The zero-order valence-electron chi connectivity index (χ0n) is 16.2. The second-order valence-corrected chi connectivity index (χ2v) is 7.31. The number of para-hydroxylation sites is 1. The minimum atomic E-state index is -0.451. The largest absolute Gasteiger partial charge is 0.414 e. The molecular weight excluding hydrogens is 382 g/mol. The number of fused-ring (bicyclic) bond motifs is 1. The summed E-state index contributed by atoms with van der Waals surface area (Å²) in [6.45, 7) is 1.62. The summed E-state index contributed by atoms with van der Waals surface area (Å²) in [4.78, 5) is 23.2. The Balaban J connectivity index is 1.38. The van der Waals surface area contributed by atoms with E-state index in [1.807, 2.05) is 30.3 Å². The van der Waals surface area contributed by atoms with Gasteiger partial charge in [0, 0.05) is 30.7 Å². The number of amides is 1. The van der Waals surface area contributed by atoms with Gasteiger partial charge in [-0.15, -0.1) is 0 Å².